The number of hydrogen-bond acceptors (Lipinski definition) is 2. The summed E-state index contributed by atoms with van der Waals surface area (Å²) in [7, 11) is 0. The number of benzene rings is 1. The highest BCUT2D eigenvalue weighted by molar-refractivity contribution is 5.27. The van der Waals surface area contributed by atoms with Gasteiger partial charge in [-0.05, 0) is 48.1 Å². The third kappa shape index (κ3) is 1.90. The molecule has 2 heteroatoms. The van der Waals surface area contributed by atoms with Gasteiger partial charge in [0.05, 0.1) is 0 Å². The summed E-state index contributed by atoms with van der Waals surface area (Å²) in [6.45, 7) is 2.19. The molecule has 1 aromatic carbocycles. The maximum atomic E-state index is 5.77. The van der Waals surface area contributed by atoms with E-state index in [4.69, 9.17) is 5.84 Å². The van der Waals surface area contributed by atoms with E-state index < -0.39 is 0 Å². The Morgan fingerprint density at radius 1 is 1.24 bits per heavy atom. The Morgan fingerprint density at radius 3 is 2.41 bits per heavy atom. The zero-order valence-corrected chi connectivity index (χ0v) is 10.5. The second-order valence-electron chi connectivity index (χ2n) is 5.58. The molecule has 2 aliphatic carbocycles. The second-order valence-corrected chi connectivity index (χ2v) is 5.58. The van der Waals surface area contributed by atoms with Crippen molar-refractivity contribution < 1.29 is 0 Å². The van der Waals surface area contributed by atoms with Gasteiger partial charge in [-0.15, -0.1) is 0 Å². The molecule has 2 saturated carbocycles. The molecule has 0 bridgehead atoms. The summed E-state index contributed by atoms with van der Waals surface area (Å²) in [4.78, 5) is 0. The fraction of sp³-hybridized carbons (Fsp3) is 0.600. The van der Waals surface area contributed by atoms with Gasteiger partial charge in [0.2, 0.25) is 0 Å². The monoisotopic (exact) mass is 230 g/mol. The molecule has 3 rings (SSSR count). The molecule has 2 fully saturated rings. The summed E-state index contributed by atoms with van der Waals surface area (Å²) in [5.41, 5.74) is 5.81. The zero-order chi connectivity index (χ0) is 11.8. The Kier molecular flexibility index (Phi) is 2.93. The van der Waals surface area contributed by atoms with E-state index in [1.54, 1.807) is 0 Å². The van der Waals surface area contributed by atoms with Gasteiger partial charge < -0.3 is 0 Å². The molecular formula is C15H22N2. The third-order valence-corrected chi connectivity index (χ3v) is 4.78. The first-order chi connectivity index (χ1) is 8.35. The van der Waals surface area contributed by atoms with E-state index in [0.717, 1.165) is 24.2 Å². The van der Waals surface area contributed by atoms with E-state index in [0.29, 0.717) is 6.04 Å². The normalized spacial score (nSPS) is 32.2. The lowest BCUT2D eigenvalue weighted by molar-refractivity contribution is 0.425. The van der Waals surface area contributed by atoms with Crippen LogP contribution in [0.3, 0.4) is 0 Å². The average Bonchev–Trinajstić information content (AvgIpc) is 2.85. The summed E-state index contributed by atoms with van der Waals surface area (Å²) >= 11 is 0. The molecule has 3 atom stereocenters. The molecule has 92 valence electrons. The van der Waals surface area contributed by atoms with E-state index in [2.05, 4.69) is 36.6 Å². The largest absolute Gasteiger partial charge is 0.271 e. The summed E-state index contributed by atoms with van der Waals surface area (Å²) in [6, 6.07) is 9.33. The Labute approximate surface area is 104 Å². The standard InChI is InChI=1S/C15H22N2/c1-2-10-6-8-11(9-7-10)15(17-16)14-12-4-3-5-13(12)14/h6-9,12-15,17H,2-5,16H2,1H3. The van der Waals surface area contributed by atoms with Gasteiger partial charge >= 0.3 is 0 Å². The van der Waals surface area contributed by atoms with Gasteiger partial charge in [0.15, 0.2) is 0 Å². The molecule has 0 heterocycles. The van der Waals surface area contributed by atoms with Crippen LogP contribution in [0, 0.1) is 17.8 Å². The number of nitrogens with two attached hydrogens (primary N) is 1. The lowest BCUT2D eigenvalue weighted by Crippen LogP contribution is -2.30. The topological polar surface area (TPSA) is 38.0 Å². The summed E-state index contributed by atoms with van der Waals surface area (Å²) in [5.74, 6) is 8.45. The van der Waals surface area contributed by atoms with Crippen LogP contribution in [0.2, 0.25) is 0 Å². The predicted octanol–water partition coefficient (Wildman–Crippen LogP) is 2.80. The molecule has 0 saturated heterocycles. The quantitative estimate of drug-likeness (QED) is 0.616. The summed E-state index contributed by atoms with van der Waals surface area (Å²) in [6.07, 6.45) is 5.37. The van der Waals surface area contributed by atoms with Crippen LogP contribution in [0.25, 0.3) is 0 Å². The van der Waals surface area contributed by atoms with Crippen LogP contribution in [0.4, 0.5) is 0 Å². The van der Waals surface area contributed by atoms with Crippen LogP contribution in [-0.4, -0.2) is 0 Å². The van der Waals surface area contributed by atoms with Crippen LogP contribution in [0.15, 0.2) is 24.3 Å². The van der Waals surface area contributed by atoms with Gasteiger partial charge in [-0.25, -0.2) is 0 Å². The maximum absolute atomic E-state index is 5.77. The highest BCUT2D eigenvalue weighted by Gasteiger charge is 2.55. The van der Waals surface area contributed by atoms with Crippen LogP contribution < -0.4 is 11.3 Å². The summed E-state index contributed by atoms with van der Waals surface area (Å²) in [5, 5.41) is 0. The van der Waals surface area contributed by atoms with E-state index >= 15 is 0 Å². The van der Waals surface area contributed by atoms with Gasteiger partial charge in [0.1, 0.15) is 0 Å². The van der Waals surface area contributed by atoms with Crippen molar-refractivity contribution in [2.75, 3.05) is 0 Å². The molecule has 0 spiro atoms. The van der Waals surface area contributed by atoms with E-state index in [1.807, 2.05) is 0 Å². The van der Waals surface area contributed by atoms with Crippen LogP contribution in [0.5, 0.6) is 0 Å². The Balaban J connectivity index is 1.76. The molecule has 2 aliphatic rings. The highest BCUT2D eigenvalue weighted by atomic mass is 15.2. The summed E-state index contributed by atoms with van der Waals surface area (Å²) < 4.78 is 0. The average molecular weight is 230 g/mol. The van der Waals surface area contributed by atoms with Crippen molar-refractivity contribution in [1.29, 1.82) is 0 Å². The number of nitrogens with one attached hydrogen (secondary N) is 1. The number of aryl methyl sites for hydroxylation is 1. The minimum absolute atomic E-state index is 0.371. The molecule has 0 radical (unpaired) electrons. The molecule has 0 aliphatic heterocycles. The van der Waals surface area contributed by atoms with Crippen molar-refractivity contribution >= 4 is 0 Å². The fourth-order valence-corrected chi connectivity index (χ4v) is 3.76. The predicted molar refractivity (Wildman–Crippen MR) is 70.2 cm³/mol. The van der Waals surface area contributed by atoms with Crippen molar-refractivity contribution in [3.8, 4) is 0 Å². The number of hydrogen-bond donors (Lipinski definition) is 2. The minimum Gasteiger partial charge on any atom is -0.271 e. The van der Waals surface area contributed by atoms with Crippen molar-refractivity contribution in [3.63, 3.8) is 0 Å². The van der Waals surface area contributed by atoms with E-state index in [-0.39, 0.29) is 0 Å². The van der Waals surface area contributed by atoms with Crippen LogP contribution in [0.1, 0.15) is 43.4 Å². The van der Waals surface area contributed by atoms with Crippen molar-refractivity contribution in [3.05, 3.63) is 35.4 Å². The van der Waals surface area contributed by atoms with Gasteiger partial charge in [-0.3, -0.25) is 11.3 Å². The molecule has 2 nitrogen and oxygen atoms in total. The van der Waals surface area contributed by atoms with Crippen molar-refractivity contribution in [2.24, 2.45) is 23.6 Å². The first-order valence-corrected chi connectivity index (χ1v) is 6.90. The Morgan fingerprint density at radius 2 is 1.88 bits per heavy atom. The maximum Gasteiger partial charge on any atom is 0.0493 e. The zero-order valence-electron chi connectivity index (χ0n) is 10.5. The molecule has 17 heavy (non-hydrogen) atoms. The molecule has 0 aromatic heterocycles. The second kappa shape index (κ2) is 4.43. The first kappa shape index (κ1) is 11.2. The minimum atomic E-state index is 0.371. The lowest BCUT2D eigenvalue weighted by Gasteiger charge is -2.18. The van der Waals surface area contributed by atoms with Crippen LogP contribution in [-0.2, 0) is 6.42 Å². The molecule has 3 N–H and O–H groups in total. The Bertz CT molecular complexity index is 374. The van der Waals surface area contributed by atoms with Gasteiger partial charge in [0, 0.05) is 6.04 Å². The number of rotatable bonds is 4. The van der Waals surface area contributed by atoms with Crippen molar-refractivity contribution in [1.82, 2.24) is 5.43 Å². The first-order valence-electron chi connectivity index (χ1n) is 6.90. The number of fused-ring (bicyclic) bond motifs is 1. The highest BCUT2D eigenvalue weighted by Crippen LogP contribution is 2.61. The SMILES string of the molecule is CCc1ccc(C(NN)C2C3CCCC32)cc1. The Hall–Kier alpha value is -0.860. The van der Waals surface area contributed by atoms with Gasteiger partial charge in [-0.1, -0.05) is 37.6 Å². The lowest BCUT2D eigenvalue weighted by atomic mass is 9.96. The van der Waals surface area contributed by atoms with Crippen molar-refractivity contribution in [2.45, 2.75) is 38.6 Å². The van der Waals surface area contributed by atoms with Gasteiger partial charge in [0.25, 0.3) is 0 Å². The molecule has 1 aromatic rings. The fourth-order valence-electron chi connectivity index (χ4n) is 3.76. The van der Waals surface area contributed by atoms with E-state index in [9.17, 15) is 0 Å². The molecule has 0 amide bonds. The molecule has 3 unspecified atom stereocenters. The third-order valence-electron chi connectivity index (χ3n) is 4.78. The van der Waals surface area contributed by atoms with E-state index in [1.165, 1.54) is 30.4 Å². The number of hydrazine groups is 1. The van der Waals surface area contributed by atoms with Gasteiger partial charge in [-0.2, -0.15) is 0 Å². The van der Waals surface area contributed by atoms with Crippen LogP contribution >= 0.6 is 0 Å². The molecular weight excluding hydrogens is 208 g/mol. The smallest absolute Gasteiger partial charge is 0.0493 e.